The SMILES string of the molecule is CC(=O)NC(C(=O)NC(Cc1cccc2ccccc12)C(=O)NC(C)C(=O)NC(CCC(=O)O)C(N)=O)C(C)C. The predicted molar refractivity (Wildman–Crippen MR) is 148 cm³/mol. The first kappa shape index (κ1) is 31.7. The Morgan fingerprint density at radius 3 is 2.02 bits per heavy atom. The van der Waals surface area contributed by atoms with Gasteiger partial charge in [-0.25, -0.2) is 0 Å². The maximum Gasteiger partial charge on any atom is 0.303 e. The van der Waals surface area contributed by atoms with Gasteiger partial charge in [0.25, 0.3) is 0 Å². The molecule has 0 heterocycles. The molecule has 0 aliphatic rings. The molecule has 12 heteroatoms. The van der Waals surface area contributed by atoms with Crippen LogP contribution in [0.2, 0.25) is 0 Å². The van der Waals surface area contributed by atoms with E-state index >= 15 is 0 Å². The summed E-state index contributed by atoms with van der Waals surface area (Å²) in [5.41, 5.74) is 6.06. The first-order valence-electron chi connectivity index (χ1n) is 13.0. The minimum atomic E-state index is -1.24. The van der Waals surface area contributed by atoms with Gasteiger partial charge in [0.1, 0.15) is 24.2 Å². The van der Waals surface area contributed by atoms with Crippen LogP contribution in [0, 0.1) is 5.92 Å². The van der Waals surface area contributed by atoms with Crippen LogP contribution in [-0.4, -0.2) is 64.8 Å². The van der Waals surface area contributed by atoms with Crippen LogP contribution in [0.5, 0.6) is 0 Å². The number of benzene rings is 2. The molecule has 4 atom stereocenters. The fourth-order valence-electron chi connectivity index (χ4n) is 4.14. The van der Waals surface area contributed by atoms with Gasteiger partial charge in [-0.15, -0.1) is 0 Å². The summed E-state index contributed by atoms with van der Waals surface area (Å²) in [7, 11) is 0. The largest absolute Gasteiger partial charge is 0.481 e. The van der Waals surface area contributed by atoms with Gasteiger partial charge in [0.15, 0.2) is 0 Å². The number of nitrogens with two attached hydrogens (primary N) is 1. The molecule has 0 aliphatic carbocycles. The van der Waals surface area contributed by atoms with E-state index in [9.17, 15) is 28.8 Å². The molecule has 0 aromatic heterocycles. The quantitative estimate of drug-likeness (QED) is 0.193. The lowest BCUT2D eigenvalue weighted by Gasteiger charge is -2.26. The van der Waals surface area contributed by atoms with Gasteiger partial charge >= 0.3 is 5.97 Å². The third-order valence-electron chi connectivity index (χ3n) is 6.30. The number of fused-ring (bicyclic) bond motifs is 1. The molecule has 40 heavy (non-hydrogen) atoms. The zero-order chi connectivity index (χ0) is 30.0. The molecule has 0 aliphatic heterocycles. The molecule has 0 bridgehead atoms. The van der Waals surface area contributed by atoms with Crippen LogP contribution in [0.25, 0.3) is 10.8 Å². The van der Waals surface area contributed by atoms with Crippen molar-refractivity contribution in [2.45, 2.75) is 71.1 Å². The van der Waals surface area contributed by atoms with Crippen molar-refractivity contribution in [1.29, 1.82) is 0 Å². The number of nitrogens with one attached hydrogen (secondary N) is 4. The highest BCUT2D eigenvalue weighted by molar-refractivity contribution is 5.96. The molecule has 5 amide bonds. The number of carboxylic acids is 1. The predicted octanol–water partition coefficient (Wildman–Crippen LogP) is 0.367. The Morgan fingerprint density at radius 1 is 0.800 bits per heavy atom. The molecule has 0 spiro atoms. The molecule has 7 N–H and O–H groups in total. The van der Waals surface area contributed by atoms with Crippen molar-refractivity contribution in [2.24, 2.45) is 11.7 Å². The molecule has 2 rings (SSSR count). The Bertz CT molecular complexity index is 1260. The lowest BCUT2D eigenvalue weighted by atomic mass is 9.97. The standard InChI is InChI=1S/C28H37N5O7/c1-15(2)24(31-17(4)34)28(40)33-22(14-19-10-7-9-18-8-5-6-11-20(18)19)27(39)30-16(3)26(38)32-21(25(29)37)12-13-23(35)36/h5-11,15-16,21-22,24H,12-14H2,1-4H3,(H2,29,37)(H,30,39)(H,31,34)(H,32,38)(H,33,40)(H,35,36). The van der Waals surface area contributed by atoms with Crippen LogP contribution in [0.4, 0.5) is 0 Å². The second-order valence-electron chi connectivity index (χ2n) is 9.95. The average Bonchev–Trinajstić information content (AvgIpc) is 2.88. The highest BCUT2D eigenvalue weighted by Gasteiger charge is 2.31. The molecule has 216 valence electrons. The molecule has 0 radical (unpaired) electrons. The highest BCUT2D eigenvalue weighted by atomic mass is 16.4. The maximum absolute atomic E-state index is 13.4. The number of carbonyl (C=O) groups excluding carboxylic acids is 5. The number of carboxylic acid groups (broad SMARTS) is 1. The number of rotatable bonds is 14. The molecule has 0 fully saturated rings. The van der Waals surface area contributed by atoms with Gasteiger partial charge in [-0.3, -0.25) is 28.8 Å². The normalized spacial score (nSPS) is 13.9. The molecule has 2 aromatic rings. The number of primary amides is 1. The van der Waals surface area contributed by atoms with E-state index in [1.807, 2.05) is 42.5 Å². The van der Waals surface area contributed by atoms with Crippen molar-refractivity contribution in [3.8, 4) is 0 Å². The van der Waals surface area contributed by atoms with E-state index in [-0.39, 0.29) is 25.2 Å². The summed E-state index contributed by atoms with van der Waals surface area (Å²) in [6.45, 7) is 6.18. The van der Waals surface area contributed by atoms with Crippen molar-refractivity contribution in [1.82, 2.24) is 21.3 Å². The zero-order valence-electron chi connectivity index (χ0n) is 23.0. The van der Waals surface area contributed by atoms with E-state index in [1.54, 1.807) is 13.8 Å². The smallest absolute Gasteiger partial charge is 0.303 e. The maximum atomic E-state index is 13.4. The van der Waals surface area contributed by atoms with Crippen molar-refractivity contribution in [2.75, 3.05) is 0 Å². The summed E-state index contributed by atoms with van der Waals surface area (Å²) >= 11 is 0. The Balaban J connectivity index is 2.28. The molecule has 0 saturated carbocycles. The van der Waals surface area contributed by atoms with E-state index in [0.717, 1.165) is 16.3 Å². The summed E-state index contributed by atoms with van der Waals surface area (Å²) < 4.78 is 0. The summed E-state index contributed by atoms with van der Waals surface area (Å²) in [5, 5.41) is 20.9. The number of carbonyl (C=O) groups is 6. The second kappa shape index (κ2) is 14.6. The van der Waals surface area contributed by atoms with Crippen LogP contribution < -0.4 is 27.0 Å². The first-order chi connectivity index (χ1) is 18.8. The van der Waals surface area contributed by atoms with E-state index in [2.05, 4.69) is 21.3 Å². The summed E-state index contributed by atoms with van der Waals surface area (Å²) in [6, 6.07) is 8.74. The molecule has 2 aromatic carbocycles. The van der Waals surface area contributed by atoms with Gasteiger partial charge in [-0.05, 0) is 35.6 Å². The third-order valence-corrected chi connectivity index (χ3v) is 6.30. The van der Waals surface area contributed by atoms with Gasteiger partial charge in [0.2, 0.25) is 29.5 Å². The average molecular weight is 556 g/mol. The summed E-state index contributed by atoms with van der Waals surface area (Å²) in [6.07, 6.45) is -0.518. The van der Waals surface area contributed by atoms with Crippen LogP contribution in [-0.2, 0) is 35.2 Å². The van der Waals surface area contributed by atoms with E-state index in [4.69, 9.17) is 10.8 Å². The van der Waals surface area contributed by atoms with Crippen molar-refractivity contribution in [3.05, 3.63) is 48.0 Å². The number of hydrogen-bond acceptors (Lipinski definition) is 6. The van der Waals surface area contributed by atoms with Gasteiger partial charge < -0.3 is 32.1 Å². The molecule has 12 nitrogen and oxygen atoms in total. The lowest BCUT2D eigenvalue weighted by Crippen LogP contribution is -2.58. The number of aliphatic carboxylic acids is 1. The molecule has 0 saturated heterocycles. The van der Waals surface area contributed by atoms with Crippen molar-refractivity contribution < 1.29 is 33.9 Å². The van der Waals surface area contributed by atoms with Crippen LogP contribution in [0.1, 0.15) is 46.1 Å². The zero-order valence-corrected chi connectivity index (χ0v) is 23.0. The van der Waals surface area contributed by atoms with Gasteiger partial charge in [0.05, 0.1) is 0 Å². The summed E-state index contributed by atoms with van der Waals surface area (Å²) in [5.74, 6) is -4.73. The minimum Gasteiger partial charge on any atom is -0.481 e. The van der Waals surface area contributed by atoms with Gasteiger partial charge in [-0.2, -0.15) is 0 Å². The number of hydrogen-bond donors (Lipinski definition) is 6. The Morgan fingerprint density at radius 2 is 1.43 bits per heavy atom. The van der Waals surface area contributed by atoms with E-state index < -0.39 is 59.7 Å². The van der Waals surface area contributed by atoms with Crippen LogP contribution >= 0.6 is 0 Å². The Hall–Kier alpha value is -4.48. The van der Waals surface area contributed by atoms with E-state index in [0.29, 0.717) is 0 Å². The highest BCUT2D eigenvalue weighted by Crippen LogP contribution is 2.20. The van der Waals surface area contributed by atoms with Crippen LogP contribution in [0.15, 0.2) is 42.5 Å². The topological polar surface area (TPSA) is 197 Å². The number of amides is 5. The molecular weight excluding hydrogens is 518 g/mol. The Labute approximate surface area is 232 Å². The van der Waals surface area contributed by atoms with Gasteiger partial charge in [-0.1, -0.05) is 56.3 Å². The van der Waals surface area contributed by atoms with Crippen molar-refractivity contribution in [3.63, 3.8) is 0 Å². The Kier molecular flexibility index (Phi) is 11.6. The van der Waals surface area contributed by atoms with Crippen molar-refractivity contribution >= 4 is 46.3 Å². The lowest BCUT2D eigenvalue weighted by molar-refractivity contribution is -0.138. The minimum absolute atomic E-state index is 0.0840. The van der Waals surface area contributed by atoms with E-state index in [1.165, 1.54) is 13.8 Å². The molecule has 4 unspecified atom stereocenters. The summed E-state index contributed by atoms with van der Waals surface area (Å²) in [4.78, 5) is 73.5. The molecular formula is C28H37N5O7. The second-order valence-corrected chi connectivity index (χ2v) is 9.95. The first-order valence-corrected chi connectivity index (χ1v) is 13.0. The fraction of sp³-hybridized carbons (Fsp3) is 0.429. The van der Waals surface area contributed by atoms with Gasteiger partial charge in [0, 0.05) is 19.8 Å². The monoisotopic (exact) mass is 555 g/mol. The third kappa shape index (κ3) is 9.37. The fourth-order valence-corrected chi connectivity index (χ4v) is 4.14. The van der Waals surface area contributed by atoms with Crippen LogP contribution in [0.3, 0.4) is 0 Å².